The molecule has 1 N–H and O–H groups in total. The van der Waals surface area contributed by atoms with Crippen LogP contribution in [0.5, 0.6) is 0 Å². The van der Waals surface area contributed by atoms with Crippen molar-refractivity contribution in [1.82, 2.24) is 4.98 Å². The van der Waals surface area contributed by atoms with Gasteiger partial charge in [-0.25, -0.2) is 13.4 Å². The van der Waals surface area contributed by atoms with E-state index in [9.17, 15) is 13.5 Å². The molecule has 6 heteroatoms. The molecule has 0 aliphatic heterocycles. The highest BCUT2D eigenvalue weighted by Gasteiger charge is 2.24. The second-order valence-corrected chi connectivity index (χ2v) is 7.13. The van der Waals surface area contributed by atoms with Crippen molar-refractivity contribution in [3.63, 3.8) is 0 Å². The molecule has 0 aliphatic carbocycles. The summed E-state index contributed by atoms with van der Waals surface area (Å²) in [6.45, 7) is 3.39. The van der Waals surface area contributed by atoms with Crippen LogP contribution in [-0.4, -0.2) is 36.1 Å². The molecule has 0 aromatic carbocycles. The molecule has 0 radical (unpaired) electrons. The molecule has 1 aromatic rings. The van der Waals surface area contributed by atoms with E-state index in [2.05, 4.69) is 4.98 Å². The van der Waals surface area contributed by atoms with Gasteiger partial charge in [-0.2, -0.15) is 0 Å². The second kappa shape index (κ2) is 4.59. The number of aryl methyl sites for hydroxylation is 1. The molecule has 1 aromatic heterocycles. The summed E-state index contributed by atoms with van der Waals surface area (Å²) in [5.41, 5.74) is 0.750. The maximum Gasteiger partial charge on any atom is 0.152 e. The van der Waals surface area contributed by atoms with Gasteiger partial charge in [-0.05, 0) is 13.8 Å². The van der Waals surface area contributed by atoms with Crippen molar-refractivity contribution < 1.29 is 13.5 Å². The van der Waals surface area contributed by atoms with E-state index in [1.807, 2.05) is 12.3 Å². The Morgan fingerprint density at radius 3 is 2.60 bits per heavy atom. The first kappa shape index (κ1) is 12.6. The number of hydrogen-bond donors (Lipinski definition) is 1. The highest BCUT2D eigenvalue weighted by Crippen LogP contribution is 2.13. The largest absolute Gasteiger partial charge is 0.391 e. The van der Waals surface area contributed by atoms with Gasteiger partial charge in [-0.3, -0.25) is 0 Å². The van der Waals surface area contributed by atoms with Crippen molar-refractivity contribution in [3.8, 4) is 0 Å². The predicted octanol–water partition coefficient (Wildman–Crippen LogP) is 0.788. The Balaban J connectivity index is 2.68. The molecule has 0 saturated carbocycles. The van der Waals surface area contributed by atoms with Gasteiger partial charge in [0, 0.05) is 18.1 Å². The van der Waals surface area contributed by atoms with Gasteiger partial charge in [0.05, 0.1) is 22.1 Å². The van der Waals surface area contributed by atoms with Gasteiger partial charge in [0.25, 0.3) is 0 Å². The highest BCUT2D eigenvalue weighted by molar-refractivity contribution is 7.91. The summed E-state index contributed by atoms with van der Waals surface area (Å²) >= 11 is 1.49. The minimum absolute atomic E-state index is 0.290. The van der Waals surface area contributed by atoms with Crippen LogP contribution in [0.15, 0.2) is 5.38 Å². The number of aliphatic hydroxyl groups is 1. The Labute approximate surface area is 93.9 Å². The molecule has 1 rings (SSSR count). The number of thiazole rings is 1. The van der Waals surface area contributed by atoms with E-state index >= 15 is 0 Å². The minimum atomic E-state index is -3.19. The number of sulfone groups is 1. The number of hydrogen-bond acceptors (Lipinski definition) is 5. The summed E-state index contributed by atoms with van der Waals surface area (Å²) in [5, 5.41) is 11.7. The Hall–Kier alpha value is -0.460. The van der Waals surface area contributed by atoms with E-state index in [1.165, 1.54) is 18.3 Å². The number of rotatable bonds is 4. The van der Waals surface area contributed by atoms with Crippen molar-refractivity contribution in [2.75, 3.05) is 6.26 Å². The average molecular weight is 249 g/mol. The van der Waals surface area contributed by atoms with Crippen molar-refractivity contribution in [2.45, 2.75) is 31.6 Å². The molecule has 0 bridgehead atoms. The fraction of sp³-hybridized carbons (Fsp3) is 0.667. The fourth-order valence-electron chi connectivity index (χ4n) is 1.17. The molecule has 15 heavy (non-hydrogen) atoms. The van der Waals surface area contributed by atoms with Crippen LogP contribution in [0.25, 0.3) is 0 Å². The number of nitrogens with zero attached hydrogens (tertiary/aromatic N) is 1. The third-order valence-electron chi connectivity index (χ3n) is 2.30. The summed E-state index contributed by atoms with van der Waals surface area (Å²) in [6.07, 6.45) is 0.535. The van der Waals surface area contributed by atoms with Crippen LogP contribution in [0.2, 0.25) is 0 Å². The smallest absolute Gasteiger partial charge is 0.152 e. The molecule has 0 saturated heterocycles. The molecular weight excluding hydrogens is 234 g/mol. The molecule has 2 unspecified atom stereocenters. The third kappa shape index (κ3) is 3.55. The van der Waals surface area contributed by atoms with Crippen molar-refractivity contribution in [1.29, 1.82) is 0 Å². The van der Waals surface area contributed by atoms with E-state index in [-0.39, 0.29) is 0 Å². The predicted molar refractivity (Wildman–Crippen MR) is 60.9 cm³/mol. The van der Waals surface area contributed by atoms with E-state index in [0.717, 1.165) is 17.0 Å². The van der Waals surface area contributed by atoms with Crippen LogP contribution < -0.4 is 0 Å². The zero-order valence-electron chi connectivity index (χ0n) is 8.97. The van der Waals surface area contributed by atoms with Gasteiger partial charge in [0.1, 0.15) is 0 Å². The summed E-state index contributed by atoms with van der Waals surface area (Å²) < 4.78 is 22.4. The van der Waals surface area contributed by atoms with E-state index in [0.29, 0.717) is 6.42 Å². The van der Waals surface area contributed by atoms with Crippen LogP contribution in [0.1, 0.15) is 17.6 Å². The van der Waals surface area contributed by atoms with Crippen LogP contribution in [-0.2, 0) is 16.3 Å². The van der Waals surface area contributed by atoms with Gasteiger partial charge < -0.3 is 5.11 Å². The lowest BCUT2D eigenvalue weighted by atomic mass is 10.1. The SMILES string of the molecule is Cc1nc(CC(O)C(C)S(C)(=O)=O)cs1. The van der Waals surface area contributed by atoms with E-state index < -0.39 is 21.2 Å². The molecule has 0 aliphatic rings. The first-order valence-electron chi connectivity index (χ1n) is 4.58. The minimum Gasteiger partial charge on any atom is -0.391 e. The first-order chi connectivity index (χ1) is 6.80. The Bertz CT molecular complexity index is 424. The highest BCUT2D eigenvalue weighted by atomic mass is 32.2. The van der Waals surface area contributed by atoms with E-state index in [4.69, 9.17) is 0 Å². The topological polar surface area (TPSA) is 67.3 Å². The molecule has 1 heterocycles. The summed E-state index contributed by atoms with van der Waals surface area (Å²) in [7, 11) is -3.19. The molecule has 0 spiro atoms. The molecule has 86 valence electrons. The Kier molecular flexibility index (Phi) is 3.86. The molecule has 0 fully saturated rings. The van der Waals surface area contributed by atoms with Crippen LogP contribution >= 0.6 is 11.3 Å². The van der Waals surface area contributed by atoms with Gasteiger partial charge >= 0.3 is 0 Å². The quantitative estimate of drug-likeness (QED) is 0.856. The van der Waals surface area contributed by atoms with Crippen molar-refractivity contribution in [3.05, 3.63) is 16.1 Å². The third-order valence-corrected chi connectivity index (χ3v) is 4.79. The van der Waals surface area contributed by atoms with Gasteiger partial charge in [-0.1, -0.05) is 0 Å². The molecule has 0 amide bonds. The van der Waals surface area contributed by atoms with Crippen LogP contribution in [0.4, 0.5) is 0 Å². The second-order valence-electron chi connectivity index (χ2n) is 3.66. The lowest BCUT2D eigenvalue weighted by Gasteiger charge is -2.15. The maximum absolute atomic E-state index is 11.2. The van der Waals surface area contributed by atoms with Crippen molar-refractivity contribution >= 4 is 21.2 Å². The number of aromatic nitrogens is 1. The lowest BCUT2D eigenvalue weighted by Crippen LogP contribution is -2.32. The standard InChI is InChI=1S/C9H15NO3S2/c1-6(15(3,12)13)9(11)4-8-5-14-7(2)10-8/h5-6,9,11H,4H2,1-3H3. The normalized spacial score (nSPS) is 16.3. The lowest BCUT2D eigenvalue weighted by molar-refractivity contribution is 0.172. The van der Waals surface area contributed by atoms with E-state index in [1.54, 1.807) is 0 Å². The summed E-state index contributed by atoms with van der Waals surface area (Å²) in [6, 6.07) is 0. The van der Waals surface area contributed by atoms with Crippen molar-refractivity contribution in [2.24, 2.45) is 0 Å². The number of aliphatic hydroxyl groups excluding tert-OH is 1. The Morgan fingerprint density at radius 1 is 1.60 bits per heavy atom. The Morgan fingerprint density at radius 2 is 2.20 bits per heavy atom. The van der Waals surface area contributed by atoms with Gasteiger partial charge in [0.2, 0.25) is 0 Å². The first-order valence-corrected chi connectivity index (χ1v) is 7.42. The molecular formula is C9H15NO3S2. The molecule has 4 nitrogen and oxygen atoms in total. The van der Waals surface area contributed by atoms with Gasteiger partial charge in [0.15, 0.2) is 9.84 Å². The van der Waals surface area contributed by atoms with Gasteiger partial charge in [-0.15, -0.1) is 11.3 Å². The zero-order valence-corrected chi connectivity index (χ0v) is 10.6. The summed E-state index contributed by atoms with van der Waals surface area (Å²) in [4.78, 5) is 4.18. The van der Waals surface area contributed by atoms with Crippen LogP contribution in [0.3, 0.4) is 0 Å². The maximum atomic E-state index is 11.2. The van der Waals surface area contributed by atoms with Crippen LogP contribution in [0, 0.1) is 6.92 Å². The monoisotopic (exact) mass is 249 g/mol. The fourth-order valence-corrected chi connectivity index (χ4v) is 2.46. The summed E-state index contributed by atoms with van der Waals surface area (Å²) in [5.74, 6) is 0. The zero-order chi connectivity index (χ0) is 11.6. The average Bonchev–Trinajstić information content (AvgIpc) is 2.48. The molecule has 2 atom stereocenters.